The smallest absolute Gasteiger partial charge is 0.221 e. The Balaban J connectivity index is 1.70. The second-order valence-electron chi connectivity index (χ2n) is 4.92. The predicted molar refractivity (Wildman–Crippen MR) is 76.0 cm³/mol. The van der Waals surface area contributed by atoms with Crippen molar-refractivity contribution < 1.29 is 13.2 Å². The van der Waals surface area contributed by atoms with Crippen LogP contribution in [0.1, 0.15) is 12.0 Å². The summed E-state index contributed by atoms with van der Waals surface area (Å²) in [5.74, 6) is 0.0893. The molecule has 0 aliphatic carbocycles. The first-order valence-corrected chi connectivity index (χ1v) is 8.47. The maximum Gasteiger partial charge on any atom is 0.221 e. The number of nitrogens with zero attached hydrogens (tertiary/aromatic N) is 1. The van der Waals surface area contributed by atoms with Crippen molar-refractivity contribution in [1.29, 1.82) is 0 Å². The Bertz CT molecular complexity index is 545. The van der Waals surface area contributed by atoms with E-state index in [0.717, 1.165) is 12.0 Å². The van der Waals surface area contributed by atoms with E-state index in [2.05, 4.69) is 15.6 Å². The molecular weight excluding hydrogens is 278 g/mol. The minimum Gasteiger partial charge on any atom is -0.356 e. The number of rotatable bonds is 5. The molecule has 1 saturated heterocycles. The Morgan fingerprint density at radius 3 is 2.85 bits per heavy atom. The number of pyridine rings is 1. The first-order valence-electron chi connectivity index (χ1n) is 6.64. The van der Waals surface area contributed by atoms with Crippen LogP contribution >= 0.6 is 0 Å². The lowest BCUT2D eigenvalue weighted by atomic mass is 10.2. The lowest BCUT2D eigenvalue weighted by Crippen LogP contribution is -2.47. The normalized spacial score (nSPS) is 21.3. The molecule has 1 amide bonds. The Morgan fingerprint density at radius 2 is 2.15 bits per heavy atom. The summed E-state index contributed by atoms with van der Waals surface area (Å²) in [7, 11) is -2.99. The van der Waals surface area contributed by atoms with Crippen molar-refractivity contribution in [2.75, 3.05) is 24.6 Å². The molecule has 7 heteroatoms. The lowest BCUT2D eigenvalue weighted by molar-refractivity contribution is -0.121. The summed E-state index contributed by atoms with van der Waals surface area (Å²) >= 11 is 0. The van der Waals surface area contributed by atoms with E-state index in [4.69, 9.17) is 0 Å². The largest absolute Gasteiger partial charge is 0.356 e. The van der Waals surface area contributed by atoms with Crippen LogP contribution in [-0.4, -0.2) is 49.9 Å². The molecule has 1 aliphatic heterocycles. The molecule has 2 heterocycles. The molecule has 1 unspecified atom stereocenters. The number of nitrogens with one attached hydrogen (secondary N) is 2. The molecule has 0 radical (unpaired) electrons. The van der Waals surface area contributed by atoms with E-state index in [1.165, 1.54) is 0 Å². The van der Waals surface area contributed by atoms with Gasteiger partial charge < -0.3 is 10.6 Å². The molecule has 1 aromatic rings. The van der Waals surface area contributed by atoms with Gasteiger partial charge in [-0.15, -0.1) is 0 Å². The molecule has 1 atom stereocenters. The molecule has 0 aromatic carbocycles. The SMILES string of the molecule is O=C(CC1CS(=O)(=O)CCN1)NCCc1ccncc1. The zero-order chi connectivity index (χ0) is 14.4. The van der Waals surface area contributed by atoms with Crippen LogP contribution < -0.4 is 10.6 Å². The standard InChI is InChI=1S/C13H19N3O3S/c17-13(9-12-10-20(18,19)8-7-15-12)16-6-3-11-1-4-14-5-2-11/h1-2,4-5,12,15H,3,6-10H2,(H,16,17). The van der Waals surface area contributed by atoms with Gasteiger partial charge >= 0.3 is 0 Å². The molecule has 1 aromatic heterocycles. The van der Waals surface area contributed by atoms with Crippen LogP contribution in [0.25, 0.3) is 0 Å². The number of sulfone groups is 1. The summed E-state index contributed by atoms with van der Waals surface area (Å²) < 4.78 is 22.9. The third-order valence-electron chi connectivity index (χ3n) is 3.22. The summed E-state index contributed by atoms with van der Waals surface area (Å²) in [4.78, 5) is 15.7. The van der Waals surface area contributed by atoms with Crippen LogP contribution in [0.3, 0.4) is 0 Å². The van der Waals surface area contributed by atoms with Gasteiger partial charge in [0, 0.05) is 37.9 Å². The van der Waals surface area contributed by atoms with Gasteiger partial charge in [-0.25, -0.2) is 8.42 Å². The van der Waals surface area contributed by atoms with Crippen LogP contribution in [0.2, 0.25) is 0 Å². The molecule has 1 fully saturated rings. The van der Waals surface area contributed by atoms with E-state index in [-0.39, 0.29) is 29.9 Å². The van der Waals surface area contributed by atoms with Crippen LogP contribution in [0.5, 0.6) is 0 Å². The molecule has 110 valence electrons. The zero-order valence-electron chi connectivity index (χ0n) is 11.2. The van der Waals surface area contributed by atoms with Crippen molar-refractivity contribution in [3.8, 4) is 0 Å². The number of aromatic nitrogens is 1. The molecule has 0 spiro atoms. The van der Waals surface area contributed by atoms with Gasteiger partial charge in [-0.3, -0.25) is 9.78 Å². The van der Waals surface area contributed by atoms with E-state index in [1.807, 2.05) is 12.1 Å². The van der Waals surface area contributed by atoms with Crippen LogP contribution in [0.15, 0.2) is 24.5 Å². The number of carbonyl (C=O) groups excluding carboxylic acids is 1. The molecule has 6 nitrogen and oxygen atoms in total. The molecule has 2 rings (SSSR count). The van der Waals surface area contributed by atoms with Crippen molar-refractivity contribution >= 4 is 15.7 Å². The van der Waals surface area contributed by atoms with Crippen LogP contribution in [0.4, 0.5) is 0 Å². The maximum atomic E-state index is 11.8. The Kier molecular flexibility index (Phi) is 5.08. The molecule has 1 aliphatic rings. The topological polar surface area (TPSA) is 88.2 Å². The minimum atomic E-state index is -2.99. The molecule has 0 bridgehead atoms. The van der Waals surface area contributed by atoms with Crippen molar-refractivity contribution in [2.45, 2.75) is 18.9 Å². The first-order chi connectivity index (χ1) is 9.55. The zero-order valence-corrected chi connectivity index (χ0v) is 12.0. The van der Waals surface area contributed by atoms with E-state index < -0.39 is 9.84 Å². The van der Waals surface area contributed by atoms with Crippen molar-refractivity contribution in [1.82, 2.24) is 15.6 Å². The third kappa shape index (κ3) is 4.90. The highest BCUT2D eigenvalue weighted by Crippen LogP contribution is 2.05. The van der Waals surface area contributed by atoms with Gasteiger partial charge in [0.1, 0.15) is 0 Å². The highest BCUT2D eigenvalue weighted by atomic mass is 32.2. The molecular formula is C13H19N3O3S. The molecule has 0 saturated carbocycles. The maximum absolute atomic E-state index is 11.8. The van der Waals surface area contributed by atoms with Crippen molar-refractivity contribution in [3.05, 3.63) is 30.1 Å². The number of carbonyl (C=O) groups is 1. The third-order valence-corrected chi connectivity index (χ3v) is 4.95. The fraction of sp³-hybridized carbons (Fsp3) is 0.538. The summed E-state index contributed by atoms with van der Waals surface area (Å²) in [5.41, 5.74) is 1.11. The van der Waals surface area contributed by atoms with Crippen molar-refractivity contribution in [2.24, 2.45) is 0 Å². The highest BCUT2D eigenvalue weighted by Gasteiger charge is 2.25. The monoisotopic (exact) mass is 297 g/mol. The second-order valence-corrected chi connectivity index (χ2v) is 7.15. The minimum absolute atomic E-state index is 0.0464. The summed E-state index contributed by atoms with van der Waals surface area (Å²) in [6, 6.07) is 3.54. The van der Waals surface area contributed by atoms with Crippen molar-refractivity contribution in [3.63, 3.8) is 0 Å². The van der Waals surface area contributed by atoms with Crippen LogP contribution in [0, 0.1) is 0 Å². The van der Waals surface area contributed by atoms with Gasteiger partial charge in [-0.05, 0) is 24.1 Å². The lowest BCUT2D eigenvalue weighted by Gasteiger charge is -2.23. The van der Waals surface area contributed by atoms with E-state index >= 15 is 0 Å². The van der Waals surface area contributed by atoms with E-state index in [9.17, 15) is 13.2 Å². The Hall–Kier alpha value is -1.47. The van der Waals surface area contributed by atoms with Crippen LogP contribution in [-0.2, 0) is 21.1 Å². The first kappa shape index (κ1) is 14.9. The Labute approximate surface area is 118 Å². The van der Waals surface area contributed by atoms with Gasteiger partial charge in [0.25, 0.3) is 0 Å². The Morgan fingerprint density at radius 1 is 1.40 bits per heavy atom. The van der Waals surface area contributed by atoms with E-state index in [1.54, 1.807) is 12.4 Å². The van der Waals surface area contributed by atoms with Gasteiger partial charge in [0.15, 0.2) is 9.84 Å². The fourth-order valence-corrected chi connectivity index (χ4v) is 3.63. The van der Waals surface area contributed by atoms with Gasteiger partial charge in [-0.2, -0.15) is 0 Å². The van der Waals surface area contributed by atoms with E-state index in [0.29, 0.717) is 13.1 Å². The second kappa shape index (κ2) is 6.81. The average molecular weight is 297 g/mol. The summed E-state index contributed by atoms with van der Waals surface area (Å²) in [5, 5.41) is 5.88. The number of amides is 1. The number of hydrogen-bond donors (Lipinski definition) is 2. The number of hydrogen-bond acceptors (Lipinski definition) is 5. The quantitative estimate of drug-likeness (QED) is 0.766. The highest BCUT2D eigenvalue weighted by molar-refractivity contribution is 7.91. The van der Waals surface area contributed by atoms with Gasteiger partial charge in [-0.1, -0.05) is 0 Å². The molecule has 2 N–H and O–H groups in total. The summed E-state index contributed by atoms with van der Waals surface area (Å²) in [6.07, 6.45) is 4.38. The average Bonchev–Trinajstić information content (AvgIpc) is 2.38. The predicted octanol–water partition coefficient (Wildman–Crippen LogP) is -0.483. The fourth-order valence-electron chi connectivity index (χ4n) is 2.19. The molecule has 20 heavy (non-hydrogen) atoms. The van der Waals surface area contributed by atoms with Gasteiger partial charge in [0.2, 0.25) is 5.91 Å². The van der Waals surface area contributed by atoms with Gasteiger partial charge in [0.05, 0.1) is 11.5 Å². The summed E-state index contributed by atoms with van der Waals surface area (Å²) in [6.45, 7) is 0.972.